The Hall–Kier alpha value is -2.44. The Morgan fingerprint density at radius 2 is 2.32 bits per heavy atom. The molecule has 0 unspecified atom stereocenters. The number of hydrogen-bond donors (Lipinski definition) is 1. The zero-order chi connectivity index (χ0) is 13.7. The van der Waals surface area contributed by atoms with Gasteiger partial charge >= 0.3 is 5.82 Å². The van der Waals surface area contributed by atoms with Gasteiger partial charge in [0, 0.05) is 12.7 Å². The van der Waals surface area contributed by atoms with Crippen molar-refractivity contribution in [2.45, 2.75) is 19.9 Å². The zero-order valence-electron chi connectivity index (χ0n) is 10.6. The summed E-state index contributed by atoms with van der Waals surface area (Å²) in [7, 11) is 0. The lowest BCUT2D eigenvalue weighted by Crippen LogP contribution is -2.03. The van der Waals surface area contributed by atoms with E-state index in [1.54, 1.807) is 10.8 Å². The van der Waals surface area contributed by atoms with E-state index >= 15 is 0 Å². The van der Waals surface area contributed by atoms with Crippen LogP contribution in [0.5, 0.6) is 0 Å². The second kappa shape index (κ2) is 5.94. The van der Waals surface area contributed by atoms with E-state index < -0.39 is 4.92 Å². The summed E-state index contributed by atoms with van der Waals surface area (Å²) >= 11 is 0. The predicted octanol–water partition coefficient (Wildman–Crippen LogP) is 2.06. The van der Waals surface area contributed by atoms with Crippen molar-refractivity contribution >= 4 is 11.6 Å². The molecule has 7 nitrogen and oxygen atoms in total. The minimum Gasteiger partial charge on any atom is -0.370 e. The molecule has 0 bridgehead atoms. The van der Waals surface area contributed by atoms with Crippen LogP contribution >= 0.6 is 0 Å². The summed E-state index contributed by atoms with van der Waals surface area (Å²) in [6.45, 7) is 3.48. The van der Waals surface area contributed by atoms with E-state index in [0.717, 1.165) is 24.3 Å². The molecule has 0 radical (unpaired) electrons. The molecule has 19 heavy (non-hydrogen) atoms. The minimum absolute atomic E-state index is 0.140. The van der Waals surface area contributed by atoms with Gasteiger partial charge in [-0.1, -0.05) is 6.92 Å². The van der Waals surface area contributed by atoms with Crippen LogP contribution in [0.15, 0.2) is 30.9 Å². The molecular weight excluding hydrogens is 246 g/mol. The van der Waals surface area contributed by atoms with E-state index in [0.29, 0.717) is 6.54 Å². The molecule has 0 atom stereocenters. The quantitative estimate of drug-likeness (QED) is 0.635. The summed E-state index contributed by atoms with van der Waals surface area (Å²) in [5.41, 5.74) is 1.01. The highest BCUT2D eigenvalue weighted by Crippen LogP contribution is 2.11. The second-order valence-electron chi connectivity index (χ2n) is 4.14. The molecule has 0 aliphatic rings. The largest absolute Gasteiger partial charge is 0.381 e. The SMILES string of the molecule is CCCNc1cc(Cn2cnc([N+](=O)[O-])c2)ccn1. The smallest absolute Gasteiger partial charge is 0.370 e. The summed E-state index contributed by atoms with van der Waals surface area (Å²) in [5.74, 6) is 0.673. The number of imidazole rings is 1. The van der Waals surface area contributed by atoms with Crippen LogP contribution in [0.4, 0.5) is 11.6 Å². The van der Waals surface area contributed by atoms with Crippen LogP contribution in [0.2, 0.25) is 0 Å². The number of pyridine rings is 1. The number of aromatic nitrogens is 3. The van der Waals surface area contributed by atoms with E-state index in [2.05, 4.69) is 22.2 Å². The zero-order valence-corrected chi connectivity index (χ0v) is 10.6. The molecule has 0 aliphatic heterocycles. The van der Waals surface area contributed by atoms with Gasteiger partial charge in [0.05, 0.1) is 6.54 Å². The van der Waals surface area contributed by atoms with Crippen LogP contribution in [0.25, 0.3) is 0 Å². The third-order valence-electron chi connectivity index (χ3n) is 2.55. The highest BCUT2D eigenvalue weighted by atomic mass is 16.6. The molecule has 0 saturated carbocycles. The number of nitrogens with one attached hydrogen (secondary N) is 1. The van der Waals surface area contributed by atoms with Crippen LogP contribution in [-0.4, -0.2) is 26.0 Å². The van der Waals surface area contributed by atoms with Gasteiger partial charge in [0.25, 0.3) is 0 Å². The molecule has 0 spiro atoms. The maximum Gasteiger partial charge on any atom is 0.381 e. The van der Waals surface area contributed by atoms with Crippen molar-refractivity contribution in [2.24, 2.45) is 0 Å². The average Bonchev–Trinajstić information content (AvgIpc) is 2.85. The van der Waals surface area contributed by atoms with Crippen molar-refractivity contribution in [3.8, 4) is 0 Å². The minimum atomic E-state index is -0.503. The molecule has 0 aliphatic carbocycles. The van der Waals surface area contributed by atoms with E-state index in [4.69, 9.17) is 0 Å². The highest BCUT2D eigenvalue weighted by molar-refractivity contribution is 5.37. The normalized spacial score (nSPS) is 10.4. The van der Waals surface area contributed by atoms with E-state index in [9.17, 15) is 10.1 Å². The maximum absolute atomic E-state index is 10.5. The lowest BCUT2D eigenvalue weighted by atomic mass is 10.2. The maximum atomic E-state index is 10.5. The molecule has 0 aromatic carbocycles. The Bertz CT molecular complexity index is 567. The van der Waals surface area contributed by atoms with Crippen LogP contribution in [0.3, 0.4) is 0 Å². The molecule has 0 fully saturated rings. The van der Waals surface area contributed by atoms with Crippen LogP contribution in [0.1, 0.15) is 18.9 Å². The van der Waals surface area contributed by atoms with Crippen molar-refractivity contribution < 1.29 is 4.92 Å². The Labute approximate surface area is 110 Å². The first kappa shape index (κ1) is 13.0. The summed E-state index contributed by atoms with van der Waals surface area (Å²) < 4.78 is 1.68. The van der Waals surface area contributed by atoms with E-state index in [1.807, 2.05) is 12.1 Å². The van der Waals surface area contributed by atoms with Gasteiger partial charge in [-0.2, -0.15) is 0 Å². The van der Waals surface area contributed by atoms with Gasteiger partial charge in [-0.15, -0.1) is 0 Å². The second-order valence-corrected chi connectivity index (χ2v) is 4.14. The average molecular weight is 261 g/mol. The fourth-order valence-corrected chi connectivity index (χ4v) is 1.66. The van der Waals surface area contributed by atoms with Crippen LogP contribution < -0.4 is 5.32 Å². The fraction of sp³-hybridized carbons (Fsp3) is 0.333. The van der Waals surface area contributed by atoms with Gasteiger partial charge in [-0.05, 0) is 34.0 Å². The number of nitrogens with zero attached hydrogens (tertiary/aromatic N) is 4. The van der Waals surface area contributed by atoms with Crippen molar-refractivity contribution in [1.82, 2.24) is 14.5 Å². The number of hydrogen-bond acceptors (Lipinski definition) is 5. The summed E-state index contributed by atoms with van der Waals surface area (Å²) in [4.78, 5) is 18.0. The molecule has 1 N–H and O–H groups in total. The molecular formula is C12H15N5O2. The van der Waals surface area contributed by atoms with Crippen LogP contribution in [0, 0.1) is 10.1 Å². The van der Waals surface area contributed by atoms with Gasteiger partial charge in [0.15, 0.2) is 0 Å². The topological polar surface area (TPSA) is 85.9 Å². The first-order valence-corrected chi connectivity index (χ1v) is 6.04. The van der Waals surface area contributed by atoms with E-state index in [-0.39, 0.29) is 5.82 Å². The molecule has 100 valence electrons. The fourth-order valence-electron chi connectivity index (χ4n) is 1.66. The third-order valence-corrected chi connectivity index (χ3v) is 2.55. The Balaban J connectivity index is 2.07. The summed E-state index contributed by atoms with van der Waals surface area (Å²) in [6, 6.07) is 3.81. The summed E-state index contributed by atoms with van der Waals surface area (Å²) in [6.07, 6.45) is 5.62. The predicted molar refractivity (Wildman–Crippen MR) is 71.0 cm³/mol. The number of rotatable bonds is 6. The molecule has 7 heteroatoms. The lowest BCUT2D eigenvalue weighted by molar-refractivity contribution is -0.389. The number of anilines is 1. The highest BCUT2D eigenvalue weighted by Gasteiger charge is 2.09. The molecule has 0 amide bonds. The lowest BCUT2D eigenvalue weighted by Gasteiger charge is -2.06. The monoisotopic (exact) mass is 261 g/mol. The van der Waals surface area contributed by atoms with Crippen molar-refractivity contribution in [1.29, 1.82) is 0 Å². The Morgan fingerprint density at radius 3 is 3.00 bits per heavy atom. The standard InChI is InChI=1S/C12H15N5O2/c1-2-4-13-11-6-10(3-5-14-11)7-16-8-12(15-9-16)17(18)19/h3,5-6,8-9H,2,4,7H2,1H3,(H,13,14). The van der Waals surface area contributed by atoms with Crippen molar-refractivity contribution in [3.05, 3.63) is 46.5 Å². The number of nitro groups is 1. The van der Waals surface area contributed by atoms with Gasteiger partial charge in [0.2, 0.25) is 6.33 Å². The first-order valence-electron chi connectivity index (χ1n) is 6.04. The molecule has 2 rings (SSSR count). The Kier molecular flexibility index (Phi) is 4.07. The summed E-state index contributed by atoms with van der Waals surface area (Å²) in [5, 5.41) is 13.7. The molecule has 0 saturated heterocycles. The Morgan fingerprint density at radius 1 is 1.47 bits per heavy atom. The van der Waals surface area contributed by atoms with Gasteiger partial charge in [0.1, 0.15) is 12.0 Å². The molecule has 2 aromatic heterocycles. The van der Waals surface area contributed by atoms with Gasteiger partial charge < -0.3 is 20.0 Å². The van der Waals surface area contributed by atoms with Crippen LogP contribution in [-0.2, 0) is 6.54 Å². The third kappa shape index (κ3) is 3.51. The van der Waals surface area contributed by atoms with Crippen molar-refractivity contribution in [2.75, 3.05) is 11.9 Å². The van der Waals surface area contributed by atoms with E-state index in [1.165, 1.54) is 12.5 Å². The van der Waals surface area contributed by atoms with Gasteiger partial charge in [-0.25, -0.2) is 4.98 Å². The van der Waals surface area contributed by atoms with Crippen molar-refractivity contribution in [3.63, 3.8) is 0 Å². The molecule has 2 heterocycles. The first-order chi connectivity index (χ1) is 9.19. The van der Waals surface area contributed by atoms with Gasteiger partial charge in [-0.3, -0.25) is 0 Å². The molecule has 2 aromatic rings.